The van der Waals surface area contributed by atoms with E-state index in [0.29, 0.717) is 6.79 Å². The minimum absolute atomic E-state index is 0.436. The zero-order valence-corrected chi connectivity index (χ0v) is 9.25. The van der Waals surface area contributed by atoms with Crippen LogP contribution < -0.4 is 0 Å². The molecule has 0 saturated heterocycles. The van der Waals surface area contributed by atoms with Crippen molar-refractivity contribution in [3.8, 4) is 0 Å². The SMILES string of the molecule is CCC(COCOC)C1C(C)C1C. The van der Waals surface area contributed by atoms with E-state index >= 15 is 0 Å². The highest BCUT2D eigenvalue weighted by atomic mass is 16.7. The van der Waals surface area contributed by atoms with Crippen molar-refractivity contribution in [1.29, 1.82) is 0 Å². The van der Waals surface area contributed by atoms with Crippen LogP contribution >= 0.6 is 0 Å². The Hall–Kier alpha value is -0.0800. The quantitative estimate of drug-likeness (QED) is 0.469. The molecule has 0 N–H and O–H groups in total. The maximum Gasteiger partial charge on any atom is 0.146 e. The zero-order valence-electron chi connectivity index (χ0n) is 9.25. The van der Waals surface area contributed by atoms with Crippen LogP contribution in [0.1, 0.15) is 27.2 Å². The number of hydrogen-bond acceptors (Lipinski definition) is 2. The van der Waals surface area contributed by atoms with Gasteiger partial charge >= 0.3 is 0 Å². The van der Waals surface area contributed by atoms with E-state index in [9.17, 15) is 0 Å². The molecular formula is C11H22O2. The van der Waals surface area contributed by atoms with Crippen LogP contribution in [0.4, 0.5) is 0 Å². The second-order valence-corrected chi connectivity index (χ2v) is 4.24. The smallest absolute Gasteiger partial charge is 0.146 e. The maximum atomic E-state index is 5.41. The van der Waals surface area contributed by atoms with Gasteiger partial charge in [-0.1, -0.05) is 27.2 Å². The van der Waals surface area contributed by atoms with Gasteiger partial charge in [0.25, 0.3) is 0 Å². The molecule has 2 heteroatoms. The van der Waals surface area contributed by atoms with Crippen LogP contribution in [0.5, 0.6) is 0 Å². The first-order valence-electron chi connectivity index (χ1n) is 5.29. The average molecular weight is 186 g/mol. The van der Waals surface area contributed by atoms with Gasteiger partial charge in [0.2, 0.25) is 0 Å². The van der Waals surface area contributed by atoms with Crippen LogP contribution in [0, 0.1) is 23.7 Å². The molecule has 3 atom stereocenters. The molecule has 13 heavy (non-hydrogen) atoms. The van der Waals surface area contributed by atoms with Crippen molar-refractivity contribution >= 4 is 0 Å². The fourth-order valence-corrected chi connectivity index (χ4v) is 2.34. The Morgan fingerprint density at radius 3 is 2.23 bits per heavy atom. The molecule has 0 spiro atoms. The van der Waals surface area contributed by atoms with E-state index in [-0.39, 0.29) is 0 Å². The first-order chi connectivity index (χ1) is 6.22. The molecule has 1 rings (SSSR count). The summed E-state index contributed by atoms with van der Waals surface area (Å²) in [6.07, 6.45) is 1.23. The van der Waals surface area contributed by atoms with Gasteiger partial charge in [0.15, 0.2) is 0 Å². The van der Waals surface area contributed by atoms with Crippen LogP contribution in [0.3, 0.4) is 0 Å². The van der Waals surface area contributed by atoms with E-state index in [1.165, 1.54) is 6.42 Å². The predicted octanol–water partition coefficient (Wildman–Crippen LogP) is 2.54. The Labute approximate surface area is 81.6 Å². The molecule has 2 nitrogen and oxygen atoms in total. The lowest BCUT2D eigenvalue weighted by Gasteiger charge is -2.14. The first-order valence-corrected chi connectivity index (χ1v) is 5.29. The van der Waals surface area contributed by atoms with Crippen molar-refractivity contribution in [2.45, 2.75) is 27.2 Å². The molecule has 1 aliphatic rings. The monoisotopic (exact) mass is 186 g/mol. The van der Waals surface area contributed by atoms with Crippen LogP contribution in [0.15, 0.2) is 0 Å². The van der Waals surface area contributed by atoms with Gasteiger partial charge in [-0.25, -0.2) is 0 Å². The molecule has 0 heterocycles. The Morgan fingerprint density at radius 2 is 1.85 bits per heavy atom. The summed E-state index contributed by atoms with van der Waals surface area (Å²) < 4.78 is 10.3. The standard InChI is InChI=1S/C11H22O2/c1-5-10(6-13-7-12-4)11-8(2)9(11)3/h8-11H,5-7H2,1-4H3. The molecule has 3 unspecified atom stereocenters. The lowest BCUT2D eigenvalue weighted by molar-refractivity contribution is -0.0470. The lowest BCUT2D eigenvalue weighted by atomic mass is 9.99. The molecule has 0 aromatic rings. The van der Waals surface area contributed by atoms with Gasteiger partial charge in [-0.05, 0) is 23.7 Å². The number of rotatable bonds is 6. The van der Waals surface area contributed by atoms with E-state index in [4.69, 9.17) is 9.47 Å². The van der Waals surface area contributed by atoms with Crippen molar-refractivity contribution < 1.29 is 9.47 Å². The van der Waals surface area contributed by atoms with Crippen LogP contribution in [0.25, 0.3) is 0 Å². The topological polar surface area (TPSA) is 18.5 Å². The largest absolute Gasteiger partial charge is 0.359 e. The van der Waals surface area contributed by atoms with Gasteiger partial charge in [-0.2, -0.15) is 0 Å². The average Bonchev–Trinajstić information content (AvgIpc) is 2.70. The van der Waals surface area contributed by atoms with E-state index in [0.717, 1.165) is 30.3 Å². The summed E-state index contributed by atoms with van der Waals surface area (Å²) in [6.45, 7) is 8.23. The Balaban J connectivity index is 2.20. The fourth-order valence-electron chi connectivity index (χ4n) is 2.34. The number of hydrogen-bond donors (Lipinski definition) is 0. The minimum atomic E-state index is 0.436. The number of ether oxygens (including phenoxy) is 2. The van der Waals surface area contributed by atoms with Crippen LogP contribution in [-0.2, 0) is 9.47 Å². The van der Waals surface area contributed by atoms with Crippen molar-refractivity contribution in [2.75, 3.05) is 20.5 Å². The molecule has 0 radical (unpaired) electrons. The van der Waals surface area contributed by atoms with Gasteiger partial charge in [-0.15, -0.1) is 0 Å². The van der Waals surface area contributed by atoms with Gasteiger partial charge in [0, 0.05) is 7.11 Å². The van der Waals surface area contributed by atoms with Gasteiger partial charge in [0.1, 0.15) is 6.79 Å². The van der Waals surface area contributed by atoms with Crippen LogP contribution in [0.2, 0.25) is 0 Å². The van der Waals surface area contributed by atoms with Crippen molar-refractivity contribution in [3.05, 3.63) is 0 Å². The molecule has 0 aromatic heterocycles. The van der Waals surface area contributed by atoms with Crippen molar-refractivity contribution in [2.24, 2.45) is 23.7 Å². The highest BCUT2D eigenvalue weighted by molar-refractivity contribution is 4.94. The molecule has 1 aliphatic carbocycles. The molecule has 1 fully saturated rings. The van der Waals surface area contributed by atoms with Gasteiger partial charge in [-0.3, -0.25) is 0 Å². The third-order valence-electron chi connectivity index (χ3n) is 3.50. The van der Waals surface area contributed by atoms with E-state index in [1.807, 2.05) is 0 Å². The Bertz CT molecular complexity index is 139. The molecule has 1 saturated carbocycles. The lowest BCUT2D eigenvalue weighted by Crippen LogP contribution is -2.13. The fraction of sp³-hybridized carbons (Fsp3) is 1.00. The van der Waals surface area contributed by atoms with Crippen molar-refractivity contribution in [3.63, 3.8) is 0 Å². The molecular weight excluding hydrogens is 164 g/mol. The molecule has 0 bridgehead atoms. The van der Waals surface area contributed by atoms with E-state index < -0.39 is 0 Å². The molecule has 0 amide bonds. The summed E-state index contributed by atoms with van der Waals surface area (Å²) in [6, 6.07) is 0. The Morgan fingerprint density at radius 1 is 1.23 bits per heavy atom. The highest BCUT2D eigenvalue weighted by Gasteiger charge is 2.46. The van der Waals surface area contributed by atoms with Crippen LogP contribution in [-0.4, -0.2) is 20.5 Å². The normalized spacial score (nSPS) is 34.6. The predicted molar refractivity (Wildman–Crippen MR) is 53.4 cm³/mol. The van der Waals surface area contributed by atoms with Gasteiger partial charge in [0.05, 0.1) is 6.61 Å². The summed E-state index contributed by atoms with van der Waals surface area (Å²) in [7, 11) is 1.67. The maximum absolute atomic E-state index is 5.41. The van der Waals surface area contributed by atoms with Gasteiger partial charge < -0.3 is 9.47 Å². The Kier molecular flexibility index (Phi) is 4.20. The summed E-state index contributed by atoms with van der Waals surface area (Å²) in [4.78, 5) is 0. The third kappa shape index (κ3) is 2.68. The molecule has 0 aliphatic heterocycles. The van der Waals surface area contributed by atoms with E-state index in [1.54, 1.807) is 7.11 Å². The first kappa shape index (κ1) is 11.0. The zero-order chi connectivity index (χ0) is 9.84. The third-order valence-corrected chi connectivity index (χ3v) is 3.50. The van der Waals surface area contributed by atoms with Crippen molar-refractivity contribution in [1.82, 2.24) is 0 Å². The molecule has 0 aromatic carbocycles. The minimum Gasteiger partial charge on any atom is -0.359 e. The molecule has 78 valence electrons. The summed E-state index contributed by atoms with van der Waals surface area (Å²) >= 11 is 0. The highest BCUT2D eigenvalue weighted by Crippen LogP contribution is 2.51. The van der Waals surface area contributed by atoms with E-state index in [2.05, 4.69) is 20.8 Å². The number of methoxy groups -OCH3 is 1. The summed E-state index contributed by atoms with van der Waals surface area (Å²) in [5.74, 6) is 3.43. The summed E-state index contributed by atoms with van der Waals surface area (Å²) in [5.41, 5.74) is 0. The second kappa shape index (κ2) is 4.97. The second-order valence-electron chi connectivity index (χ2n) is 4.24. The summed E-state index contributed by atoms with van der Waals surface area (Å²) in [5, 5.41) is 0.